The zero-order valence-corrected chi connectivity index (χ0v) is 14.4. The molecule has 1 aromatic rings. The lowest BCUT2D eigenvalue weighted by Gasteiger charge is -2.30. The SMILES string of the molecule is O=C(O)CCCNC(=O)N(Cc1ccccc1C(F)(F)F)C1CCCC1. The molecule has 0 bridgehead atoms. The molecule has 1 aliphatic carbocycles. The van der Waals surface area contributed by atoms with Gasteiger partial charge in [-0.1, -0.05) is 31.0 Å². The highest BCUT2D eigenvalue weighted by Crippen LogP contribution is 2.33. The minimum absolute atomic E-state index is 0.0626. The first-order valence-electron chi connectivity index (χ1n) is 8.70. The van der Waals surface area contributed by atoms with Gasteiger partial charge in [-0.25, -0.2) is 4.79 Å². The van der Waals surface area contributed by atoms with Crippen LogP contribution >= 0.6 is 0 Å². The van der Waals surface area contributed by atoms with Crippen molar-refractivity contribution in [3.63, 3.8) is 0 Å². The highest BCUT2D eigenvalue weighted by molar-refractivity contribution is 5.74. The molecular weight excluding hydrogens is 349 g/mol. The van der Waals surface area contributed by atoms with Crippen molar-refractivity contribution in [2.75, 3.05) is 6.54 Å². The highest BCUT2D eigenvalue weighted by atomic mass is 19.4. The maximum absolute atomic E-state index is 13.2. The average Bonchev–Trinajstić information content (AvgIpc) is 3.10. The maximum atomic E-state index is 13.2. The molecule has 1 saturated carbocycles. The molecule has 0 aromatic heterocycles. The van der Waals surface area contributed by atoms with Crippen LogP contribution in [0.5, 0.6) is 0 Å². The number of carboxylic acid groups (broad SMARTS) is 1. The minimum Gasteiger partial charge on any atom is -0.481 e. The largest absolute Gasteiger partial charge is 0.481 e. The van der Waals surface area contributed by atoms with Crippen LogP contribution in [0.25, 0.3) is 0 Å². The molecule has 144 valence electrons. The molecule has 1 aromatic carbocycles. The molecule has 0 saturated heterocycles. The van der Waals surface area contributed by atoms with Crippen LogP contribution in [-0.2, 0) is 17.5 Å². The maximum Gasteiger partial charge on any atom is 0.416 e. The number of amides is 2. The molecule has 0 heterocycles. The van der Waals surface area contributed by atoms with E-state index >= 15 is 0 Å². The standard InChI is InChI=1S/C18H23F3N2O3/c19-18(20,21)15-9-4-1-6-13(15)12-23(14-7-2-3-8-14)17(26)22-11-5-10-16(24)25/h1,4,6,9,14H,2-3,5,7-8,10-12H2,(H,22,26)(H,24,25). The molecule has 0 unspecified atom stereocenters. The van der Waals surface area contributed by atoms with Crippen molar-refractivity contribution in [2.45, 2.75) is 57.3 Å². The van der Waals surface area contributed by atoms with Crippen molar-refractivity contribution in [3.05, 3.63) is 35.4 Å². The number of hydrogen-bond acceptors (Lipinski definition) is 2. The molecule has 26 heavy (non-hydrogen) atoms. The number of benzene rings is 1. The Bertz CT molecular complexity index is 628. The van der Waals surface area contributed by atoms with Gasteiger partial charge in [-0.15, -0.1) is 0 Å². The topological polar surface area (TPSA) is 69.6 Å². The Morgan fingerprint density at radius 2 is 1.85 bits per heavy atom. The Hall–Kier alpha value is -2.25. The summed E-state index contributed by atoms with van der Waals surface area (Å²) < 4.78 is 39.7. The quantitative estimate of drug-likeness (QED) is 0.710. The van der Waals surface area contributed by atoms with Crippen LogP contribution in [0.3, 0.4) is 0 Å². The predicted octanol–water partition coefficient (Wildman–Crippen LogP) is 4.02. The van der Waals surface area contributed by atoms with E-state index in [1.165, 1.54) is 23.1 Å². The lowest BCUT2D eigenvalue weighted by Crippen LogP contribution is -2.45. The van der Waals surface area contributed by atoms with Crippen LogP contribution in [0.15, 0.2) is 24.3 Å². The van der Waals surface area contributed by atoms with Gasteiger partial charge in [0, 0.05) is 25.6 Å². The smallest absolute Gasteiger partial charge is 0.416 e. The molecule has 8 heteroatoms. The number of halogens is 3. The summed E-state index contributed by atoms with van der Waals surface area (Å²) in [7, 11) is 0. The first-order valence-corrected chi connectivity index (χ1v) is 8.70. The lowest BCUT2D eigenvalue weighted by atomic mass is 10.1. The van der Waals surface area contributed by atoms with E-state index in [2.05, 4.69) is 5.32 Å². The number of nitrogens with zero attached hydrogens (tertiary/aromatic N) is 1. The van der Waals surface area contributed by atoms with Gasteiger partial charge >= 0.3 is 18.2 Å². The molecule has 1 aliphatic rings. The molecule has 1 fully saturated rings. The normalized spacial score (nSPS) is 15.0. The molecule has 0 atom stereocenters. The number of alkyl halides is 3. The molecular formula is C18H23F3N2O3. The second kappa shape index (κ2) is 8.91. The van der Waals surface area contributed by atoms with E-state index in [1.807, 2.05) is 0 Å². The number of urea groups is 1. The van der Waals surface area contributed by atoms with Gasteiger partial charge in [0.05, 0.1) is 5.56 Å². The van der Waals surface area contributed by atoms with Gasteiger partial charge in [0.25, 0.3) is 0 Å². The molecule has 0 radical (unpaired) electrons. The van der Waals surface area contributed by atoms with Gasteiger partial charge in [-0.2, -0.15) is 13.2 Å². The van der Waals surface area contributed by atoms with E-state index in [0.29, 0.717) is 0 Å². The van der Waals surface area contributed by atoms with Crippen molar-refractivity contribution in [3.8, 4) is 0 Å². The van der Waals surface area contributed by atoms with Crippen LogP contribution in [0.4, 0.5) is 18.0 Å². The molecule has 2 amide bonds. The fourth-order valence-corrected chi connectivity index (χ4v) is 3.24. The third-order valence-corrected chi connectivity index (χ3v) is 4.53. The summed E-state index contributed by atoms with van der Waals surface area (Å²) in [5, 5.41) is 11.3. The zero-order chi connectivity index (χ0) is 19.2. The monoisotopic (exact) mass is 372 g/mol. The number of carboxylic acids is 1. The fourth-order valence-electron chi connectivity index (χ4n) is 3.24. The Labute approximate surface area is 150 Å². The van der Waals surface area contributed by atoms with Gasteiger partial charge < -0.3 is 15.3 Å². The number of rotatable bonds is 7. The summed E-state index contributed by atoms with van der Waals surface area (Å²) in [4.78, 5) is 24.5. The Morgan fingerprint density at radius 3 is 2.46 bits per heavy atom. The second-order valence-corrected chi connectivity index (χ2v) is 6.45. The van der Waals surface area contributed by atoms with Crippen molar-refractivity contribution in [1.29, 1.82) is 0 Å². The minimum atomic E-state index is -4.48. The number of hydrogen-bond donors (Lipinski definition) is 2. The molecule has 0 spiro atoms. The van der Waals surface area contributed by atoms with Crippen LogP contribution in [0, 0.1) is 0 Å². The summed E-state index contributed by atoms with van der Waals surface area (Å²) in [6, 6.07) is 4.73. The van der Waals surface area contributed by atoms with Gasteiger partial charge in [-0.3, -0.25) is 4.79 Å². The van der Waals surface area contributed by atoms with E-state index in [9.17, 15) is 22.8 Å². The predicted molar refractivity (Wildman–Crippen MR) is 89.5 cm³/mol. The summed E-state index contributed by atoms with van der Waals surface area (Å²) >= 11 is 0. The first-order chi connectivity index (χ1) is 12.3. The Kier molecular flexibility index (Phi) is 6.88. The molecule has 2 N–H and O–H groups in total. The van der Waals surface area contributed by atoms with E-state index in [0.717, 1.165) is 31.7 Å². The zero-order valence-electron chi connectivity index (χ0n) is 14.4. The third kappa shape index (κ3) is 5.64. The van der Waals surface area contributed by atoms with Crippen LogP contribution in [-0.4, -0.2) is 34.6 Å². The van der Waals surface area contributed by atoms with E-state index in [1.54, 1.807) is 0 Å². The van der Waals surface area contributed by atoms with E-state index < -0.39 is 23.7 Å². The van der Waals surface area contributed by atoms with Crippen molar-refractivity contribution in [2.24, 2.45) is 0 Å². The first kappa shape index (κ1) is 20.1. The second-order valence-electron chi connectivity index (χ2n) is 6.45. The van der Waals surface area contributed by atoms with Crippen LogP contribution < -0.4 is 5.32 Å². The lowest BCUT2D eigenvalue weighted by molar-refractivity contribution is -0.138. The molecule has 2 rings (SSSR count). The van der Waals surface area contributed by atoms with Gasteiger partial charge in [-0.05, 0) is 30.9 Å². The van der Waals surface area contributed by atoms with Crippen molar-refractivity contribution in [1.82, 2.24) is 10.2 Å². The summed E-state index contributed by atoms with van der Waals surface area (Å²) in [5.74, 6) is -0.953. The number of nitrogens with one attached hydrogen (secondary N) is 1. The Morgan fingerprint density at radius 1 is 1.19 bits per heavy atom. The van der Waals surface area contributed by atoms with Gasteiger partial charge in [0.1, 0.15) is 0 Å². The van der Waals surface area contributed by atoms with Crippen molar-refractivity contribution >= 4 is 12.0 Å². The summed E-state index contributed by atoms with van der Waals surface area (Å²) in [6.07, 6.45) is -0.870. The highest BCUT2D eigenvalue weighted by Gasteiger charge is 2.35. The van der Waals surface area contributed by atoms with E-state index in [-0.39, 0.29) is 37.5 Å². The Balaban J connectivity index is 2.11. The fraction of sp³-hybridized carbons (Fsp3) is 0.556. The van der Waals surface area contributed by atoms with Crippen molar-refractivity contribution < 1.29 is 27.9 Å². The van der Waals surface area contributed by atoms with Crippen LogP contribution in [0.2, 0.25) is 0 Å². The number of aliphatic carboxylic acids is 1. The molecule has 5 nitrogen and oxygen atoms in total. The van der Waals surface area contributed by atoms with Gasteiger partial charge in [0.2, 0.25) is 0 Å². The van der Waals surface area contributed by atoms with Gasteiger partial charge in [0.15, 0.2) is 0 Å². The summed E-state index contributed by atoms with van der Waals surface area (Å²) in [5.41, 5.74) is -0.672. The molecule has 0 aliphatic heterocycles. The summed E-state index contributed by atoms with van der Waals surface area (Å²) in [6.45, 7) is 0.0559. The van der Waals surface area contributed by atoms with E-state index in [4.69, 9.17) is 5.11 Å². The third-order valence-electron chi connectivity index (χ3n) is 4.53. The average molecular weight is 372 g/mol. The number of carbonyl (C=O) groups excluding carboxylic acids is 1. The number of carbonyl (C=O) groups is 2. The van der Waals surface area contributed by atoms with Crippen LogP contribution in [0.1, 0.15) is 49.7 Å².